The minimum absolute atomic E-state index is 0.673. The summed E-state index contributed by atoms with van der Waals surface area (Å²) in [5.74, 6) is 2.41. The van der Waals surface area contributed by atoms with Gasteiger partial charge in [0.05, 0.1) is 6.54 Å². The molecule has 5 nitrogen and oxygen atoms in total. The third-order valence-corrected chi connectivity index (χ3v) is 3.95. The van der Waals surface area contributed by atoms with Gasteiger partial charge in [-0.2, -0.15) is 4.98 Å². The van der Waals surface area contributed by atoms with E-state index in [1.165, 1.54) is 25.9 Å². The number of aryl methyl sites for hydroxylation is 1. The topological polar surface area (TPSA) is 54.2 Å². The maximum absolute atomic E-state index is 5.16. The van der Waals surface area contributed by atoms with Crippen LogP contribution in [0.4, 0.5) is 0 Å². The zero-order valence-electron chi connectivity index (χ0n) is 10.4. The van der Waals surface area contributed by atoms with E-state index < -0.39 is 0 Å². The molecular weight excluding hydrogens is 216 g/mol. The molecule has 0 spiro atoms. The van der Waals surface area contributed by atoms with E-state index in [9.17, 15) is 0 Å². The smallest absolute Gasteiger partial charge is 0.226 e. The van der Waals surface area contributed by atoms with Gasteiger partial charge in [-0.3, -0.25) is 4.90 Å². The number of fused-ring (bicyclic) bond motifs is 1. The molecule has 5 heteroatoms. The van der Waals surface area contributed by atoms with Crippen molar-refractivity contribution in [3.8, 4) is 0 Å². The minimum Gasteiger partial charge on any atom is -0.339 e. The molecule has 2 fully saturated rings. The van der Waals surface area contributed by atoms with Gasteiger partial charge in [0.2, 0.25) is 5.89 Å². The summed E-state index contributed by atoms with van der Waals surface area (Å²) in [5, 5.41) is 7.54. The number of hydrogen-bond donors (Lipinski definition) is 1. The van der Waals surface area contributed by atoms with Crippen LogP contribution in [-0.2, 0) is 13.0 Å². The van der Waals surface area contributed by atoms with E-state index in [-0.39, 0.29) is 0 Å². The predicted molar refractivity (Wildman–Crippen MR) is 63.5 cm³/mol. The Morgan fingerprint density at radius 2 is 2.41 bits per heavy atom. The Labute approximate surface area is 102 Å². The van der Waals surface area contributed by atoms with Crippen molar-refractivity contribution in [2.24, 2.45) is 5.92 Å². The van der Waals surface area contributed by atoms with E-state index in [1.54, 1.807) is 0 Å². The lowest BCUT2D eigenvalue weighted by Crippen LogP contribution is -2.44. The van der Waals surface area contributed by atoms with E-state index in [4.69, 9.17) is 4.52 Å². The van der Waals surface area contributed by atoms with Gasteiger partial charge in [0.1, 0.15) is 0 Å². The summed E-state index contributed by atoms with van der Waals surface area (Å²) in [6.45, 7) is 6.33. The first-order valence-corrected chi connectivity index (χ1v) is 6.63. The number of hydrogen-bond acceptors (Lipinski definition) is 5. The largest absolute Gasteiger partial charge is 0.339 e. The predicted octanol–water partition coefficient (Wildman–Crippen LogP) is 0.816. The molecule has 3 heterocycles. The molecule has 2 saturated heterocycles. The molecule has 0 bridgehead atoms. The van der Waals surface area contributed by atoms with E-state index in [1.807, 2.05) is 6.92 Å². The van der Waals surface area contributed by atoms with Crippen molar-refractivity contribution in [1.82, 2.24) is 20.4 Å². The summed E-state index contributed by atoms with van der Waals surface area (Å²) in [5.41, 5.74) is 0. The van der Waals surface area contributed by atoms with Gasteiger partial charge in [-0.15, -0.1) is 0 Å². The summed E-state index contributed by atoms with van der Waals surface area (Å²) < 4.78 is 5.16. The molecule has 0 aliphatic carbocycles. The fourth-order valence-electron chi connectivity index (χ4n) is 3.04. The van der Waals surface area contributed by atoms with Gasteiger partial charge >= 0.3 is 0 Å². The number of likely N-dealkylation sites (tertiary alicyclic amines) is 1. The average Bonchev–Trinajstić information content (AvgIpc) is 2.97. The first-order valence-electron chi connectivity index (χ1n) is 6.63. The van der Waals surface area contributed by atoms with Crippen molar-refractivity contribution >= 4 is 0 Å². The van der Waals surface area contributed by atoms with Crippen LogP contribution in [0.1, 0.15) is 31.5 Å². The van der Waals surface area contributed by atoms with E-state index in [0.29, 0.717) is 6.04 Å². The lowest BCUT2D eigenvalue weighted by Gasteiger charge is -2.36. The van der Waals surface area contributed by atoms with Gasteiger partial charge in [0.15, 0.2) is 5.82 Å². The van der Waals surface area contributed by atoms with Crippen LogP contribution in [0.3, 0.4) is 0 Å². The van der Waals surface area contributed by atoms with Gasteiger partial charge < -0.3 is 9.84 Å². The summed E-state index contributed by atoms with van der Waals surface area (Å²) in [7, 11) is 0. The first kappa shape index (κ1) is 11.2. The highest BCUT2D eigenvalue weighted by Gasteiger charge is 2.35. The molecule has 2 unspecified atom stereocenters. The zero-order chi connectivity index (χ0) is 11.7. The molecule has 0 saturated carbocycles. The molecule has 3 rings (SSSR count). The van der Waals surface area contributed by atoms with Gasteiger partial charge in [-0.1, -0.05) is 12.1 Å². The van der Waals surface area contributed by atoms with Crippen LogP contribution in [0.2, 0.25) is 0 Å². The monoisotopic (exact) mass is 236 g/mol. The molecular formula is C12H20N4O. The third-order valence-electron chi connectivity index (χ3n) is 3.95. The molecule has 0 amide bonds. The van der Waals surface area contributed by atoms with Crippen molar-refractivity contribution in [3.05, 3.63) is 11.7 Å². The molecule has 1 aromatic heterocycles. The molecule has 0 aromatic carbocycles. The van der Waals surface area contributed by atoms with Crippen LogP contribution in [-0.4, -0.2) is 40.7 Å². The highest BCUT2D eigenvalue weighted by molar-refractivity contribution is 4.95. The summed E-state index contributed by atoms with van der Waals surface area (Å²) in [6, 6.07) is 0.673. The average molecular weight is 236 g/mol. The van der Waals surface area contributed by atoms with Crippen LogP contribution in [0.25, 0.3) is 0 Å². The number of rotatable bonds is 3. The standard InChI is InChI=1S/C12H20N4O/c1-2-12-14-11(15-17-12)8-16-5-3-4-9-6-13-7-10(9)16/h9-10,13H,2-8H2,1H3. The second kappa shape index (κ2) is 4.74. The minimum atomic E-state index is 0.673. The first-order chi connectivity index (χ1) is 8.36. The van der Waals surface area contributed by atoms with Crippen molar-refractivity contribution < 1.29 is 4.52 Å². The molecule has 94 valence electrons. The Kier molecular flexibility index (Phi) is 3.11. The molecule has 1 N–H and O–H groups in total. The fourth-order valence-corrected chi connectivity index (χ4v) is 3.04. The SMILES string of the molecule is CCc1nc(CN2CCCC3CNCC32)no1. The highest BCUT2D eigenvalue weighted by Crippen LogP contribution is 2.27. The van der Waals surface area contributed by atoms with E-state index in [2.05, 4.69) is 20.4 Å². The lowest BCUT2D eigenvalue weighted by molar-refractivity contribution is 0.113. The maximum atomic E-state index is 5.16. The Bertz CT molecular complexity index is 378. The van der Waals surface area contributed by atoms with Crippen LogP contribution < -0.4 is 5.32 Å². The van der Waals surface area contributed by atoms with Crippen LogP contribution >= 0.6 is 0 Å². The number of nitrogens with one attached hydrogen (secondary N) is 1. The summed E-state index contributed by atoms with van der Waals surface area (Å²) >= 11 is 0. The Morgan fingerprint density at radius 1 is 1.47 bits per heavy atom. The van der Waals surface area contributed by atoms with Gasteiger partial charge in [-0.25, -0.2) is 0 Å². The van der Waals surface area contributed by atoms with Gasteiger partial charge in [-0.05, 0) is 31.8 Å². The Morgan fingerprint density at radius 3 is 3.24 bits per heavy atom. The quantitative estimate of drug-likeness (QED) is 0.842. The summed E-state index contributed by atoms with van der Waals surface area (Å²) in [6.07, 6.45) is 3.47. The molecule has 1 aromatic rings. The fraction of sp³-hybridized carbons (Fsp3) is 0.833. The molecule has 0 radical (unpaired) electrons. The third kappa shape index (κ3) is 2.21. The van der Waals surface area contributed by atoms with E-state index in [0.717, 1.165) is 37.1 Å². The Hall–Kier alpha value is -0.940. The number of nitrogens with zero attached hydrogens (tertiary/aromatic N) is 3. The molecule has 2 aliphatic heterocycles. The van der Waals surface area contributed by atoms with Crippen LogP contribution in [0.15, 0.2) is 4.52 Å². The number of piperidine rings is 1. The zero-order valence-corrected chi connectivity index (χ0v) is 10.4. The molecule has 2 atom stereocenters. The van der Waals surface area contributed by atoms with Crippen LogP contribution in [0.5, 0.6) is 0 Å². The Balaban J connectivity index is 1.67. The van der Waals surface area contributed by atoms with Crippen molar-refractivity contribution in [3.63, 3.8) is 0 Å². The van der Waals surface area contributed by atoms with Crippen molar-refractivity contribution in [1.29, 1.82) is 0 Å². The van der Waals surface area contributed by atoms with E-state index >= 15 is 0 Å². The molecule has 2 aliphatic rings. The van der Waals surface area contributed by atoms with Gasteiger partial charge in [0.25, 0.3) is 0 Å². The number of aromatic nitrogens is 2. The molecule has 17 heavy (non-hydrogen) atoms. The van der Waals surface area contributed by atoms with Crippen molar-refractivity contribution in [2.45, 2.75) is 38.8 Å². The van der Waals surface area contributed by atoms with Crippen LogP contribution in [0, 0.1) is 5.92 Å². The second-order valence-electron chi connectivity index (χ2n) is 5.06. The van der Waals surface area contributed by atoms with Gasteiger partial charge in [0, 0.05) is 19.0 Å². The second-order valence-corrected chi connectivity index (χ2v) is 5.06. The summed E-state index contributed by atoms with van der Waals surface area (Å²) in [4.78, 5) is 6.91. The normalized spacial score (nSPS) is 29.5. The highest BCUT2D eigenvalue weighted by atomic mass is 16.5. The maximum Gasteiger partial charge on any atom is 0.226 e. The lowest BCUT2D eigenvalue weighted by atomic mass is 9.92. The van der Waals surface area contributed by atoms with Crippen molar-refractivity contribution in [2.75, 3.05) is 19.6 Å².